The van der Waals surface area contributed by atoms with Crippen LogP contribution in [0.4, 0.5) is 0 Å². The Balaban J connectivity index is 1.59. The minimum Gasteiger partial charge on any atom is -0.490 e. The van der Waals surface area contributed by atoms with E-state index in [1.807, 2.05) is 19.1 Å². The van der Waals surface area contributed by atoms with Crippen molar-refractivity contribution in [1.29, 1.82) is 0 Å². The summed E-state index contributed by atoms with van der Waals surface area (Å²) in [5.41, 5.74) is 1.25. The molecule has 3 rings (SSSR count). The number of rotatable bonds is 4. The molecule has 0 aromatic heterocycles. The van der Waals surface area contributed by atoms with Crippen molar-refractivity contribution >= 4 is 26.0 Å². The van der Waals surface area contributed by atoms with Crippen LogP contribution in [0.1, 0.15) is 31.7 Å². The van der Waals surface area contributed by atoms with E-state index in [4.69, 9.17) is 4.74 Å². The summed E-state index contributed by atoms with van der Waals surface area (Å²) < 4.78 is 33.1. The Morgan fingerprint density at radius 2 is 2.05 bits per heavy atom. The summed E-state index contributed by atoms with van der Waals surface area (Å²) in [5.74, 6) is 1.69. The number of hydrogen-bond donors (Lipinski definition) is 0. The number of hydrogen-bond acceptors (Lipinski definition) is 3. The van der Waals surface area contributed by atoms with E-state index in [-0.39, 0.29) is 11.9 Å². The first-order valence-electron chi connectivity index (χ1n) is 7.92. The Bertz CT molecular complexity index is 639. The van der Waals surface area contributed by atoms with E-state index in [0.717, 1.165) is 29.5 Å². The molecule has 0 bridgehead atoms. The summed E-state index contributed by atoms with van der Waals surface area (Å²) in [4.78, 5) is 0. The zero-order chi connectivity index (χ0) is 15.7. The molecule has 0 radical (unpaired) electrons. The highest BCUT2D eigenvalue weighted by Gasteiger charge is 2.35. The Hall–Kier alpha value is -0.590. The van der Waals surface area contributed by atoms with E-state index >= 15 is 0 Å². The number of ether oxygens (including phenoxy) is 1. The minimum atomic E-state index is -3.05. The average Bonchev–Trinajstić information content (AvgIpc) is 2.90. The standard InChI is InChI=1S/C16H22BrNO3S/c1-2-9-22(19,20)18-7-5-12(6-8-18)16-11-13-10-14(17)3-4-15(13)21-16/h3-4,10,12,16H,2,5-9,11H2,1H3. The number of sulfonamides is 1. The number of piperidine rings is 1. The molecule has 1 aromatic carbocycles. The maximum absolute atomic E-state index is 12.1. The number of halogens is 1. The van der Waals surface area contributed by atoms with Gasteiger partial charge in [0, 0.05) is 24.0 Å². The van der Waals surface area contributed by atoms with E-state index in [1.165, 1.54) is 5.56 Å². The third-order valence-electron chi connectivity index (χ3n) is 4.60. The van der Waals surface area contributed by atoms with Crippen molar-refractivity contribution in [2.24, 2.45) is 5.92 Å². The van der Waals surface area contributed by atoms with Gasteiger partial charge in [-0.15, -0.1) is 0 Å². The molecule has 1 unspecified atom stereocenters. The van der Waals surface area contributed by atoms with Gasteiger partial charge < -0.3 is 4.74 Å². The summed E-state index contributed by atoms with van der Waals surface area (Å²) in [5, 5.41) is 0. The molecule has 1 atom stereocenters. The highest BCUT2D eigenvalue weighted by Crippen LogP contribution is 2.36. The Morgan fingerprint density at radius 1 is 1.32 bits per heavy atom. The lowest BCUT2D eigenvalue weighted by Gasteiger charge is -2.33. The fraction of sp³-hybridized carbons (Fsp3) is 0.625. The van der Waals surface area contributed by atoms with Crippen LogP contribution in [0.2, 0.25) is 0 Å². The molecule has 0 spiro atoms. The van der Waals surface area contributed by atoms with Crippen molar-refractivity contribution < 1.29 is 13.2 Å². The molecule has 2 aliphatic heterocycles. The molecule has 2 aliphatic rings. The van der Waals surface area contributed by atoms with Crippen LogP contribution < -0.4 is 4.74 Å². The molecule has 4 nitrogen and oxygen atoms in total. The molecular formula is C16H22BrNO3S. The Labute approximate surface area is 141 Å². The lowest BCUT2D eigenvalue weighted by Crippen LogP contribution is -2.43. The molecule has 1 saturated heterocycles. The van der Waals surface area contributed by atoms with E-state index in [0.29, 0.717) is 25.4 Å². The van der Waals surface area contributed by atoms with Gasteiger partial charge in [-0.2, -0.15) is 0 Å². The lowest BCUT2D eigenvalue weighted by molar-refractivity contribution is 0.116. The van der Waals surface area contributed by atoms with Gasteiger partial charge in [0.25, 0.3) is 0 Å². The molecule has 1 aromatic rings. The highest BCUT2D eigenvalue weighted by atomic mass is 79.9. The Morgan fingerprint density at radius 3 is 2.73 bits per heavy atom. The summed E-state index contributed by atoms with van der Waals surface area (Å²) in [6, 6.07) is 6.14. The molecule has 0 aliphatic carbocycles. The number of benzene rings is 1. The van der Waals surface area contributed by atoms with Gasteiger partial charge in [-0.05, 0) is 48.9 Å². The van der Waals surface area contributed by atoms with Crippen molar-refractivity contribution in [3.8, 4) is 5.75 Å². The van der Waals surface area contributed by atoms with Gasteiger partial charge in [0.1, 0.15) is 11.9 Å². The van der Waals surface area contributed by atoms with Gasteiger partial charge in [0.05, 0.1) is 5.75 Å². The first kappa shape index (κ1) is 16.3. The van der Waals surface area contributed by atoms with E-state index in [9.17, 15) is 8.42 Å². The molecule has 1 fully saturated rings. The van der Waals surface area contributed by atoms with E-state index in [2.05, 4.69) is 22.0 Å². The van der Waals surface area contributed by atoms with Crippen molar-refractivity contribution in [3.05, 3.63) is 28.2 Å². The zero-order valence-corrected chi connectivity index (χ0v) is 15.2. The first-order valence-corrected chi connectivity index (χ1v) is 10.3. The number of nitrogens with zero attached hydrogens (tertiary/aromatic N) is 1. The molecule has 122 valence electrons. The van der Waals surface area contributed by atoms with Gasteiger partial charge in [-0.25, -0.2) is 12.7 Å². The quantitative estimate of drug-likeness (QED) is 0.796. The molecule has 0 saturated carbocycles. The predicted octanol–water partition coefficient (Wildman–Crippen LogP) is 3.20. The summed E-state index contributed by atoms with van der Waals surface area (Å²) in [7, 11) is -3.05. The van der Waals surface area contributed by atoms with Gasteiger partial charge in [0.2, 0.25) is 10.0 Å². The van der Waals surface area contributed by atoms with Crippen molar-refractivity contribution in [3.63, 3.8) is 0 Å². The average molecular weight is 388 g/mol. The van der Waals surface area contributed by atoms with Gasteiger partial charge in [0.15, 0.2) is 0 Å². The van der Waals surface area contributed by atoms with E-state index < -0.39 is 10.0 Å². The normalized spacial score (nSPS) is 23.3. The fourth-order valence-corrected chi connectivity index (χ4v) is 5.37. The molecule has 22 heavy (non-hydrogen) atoms. The van der Waals surface area contributed by atoms with Gasteiger partial charge >= 0.3 is 0 Å². The van der Waals surface area contributed by atoms with Crippen LogP contribution in [0.3, 0.4) is 0 Å². The molecule has 0 N–H and O–H groups in total. The van der Waals surface area contributed by atoms with Gasteiger partial charge in [-0.1, -0.05) is 22.9 Å². The largest absolute Gasteiger partial charge is 0.490 e. The third-order valence-corrected chi connectivity index (χ3v) is 7.17. The summed E-state index contributed by atoms with van der Waals surface area (Å²) in [6.07, 6.45) is 3.59. The zero-order valence-electron chi connectivity index (χ0n) is 12.8. The molecular weight excluding hydrogens is 366 g/mol. The second kappa shape index (κ2) is 6.49. The monoisotopic (exact) mass is 387 g/mol. The van der Waals surface area contributed by atoms with Crippen LogP contribution in [0.15, 0.2) is 22.7 Å². The van der Waals surface area contributed by atoms with Crippen LogP contribution in [-0.4, -0.2) is 37.7 Å². The highest BCUT2D eigenvalue weighted by molar-refractivity contribution is 9.10. The van der Waals surface area contributed by atoms with Crippen molar-refractivity contribution in [2.45, 2.75) is 38.7 Å². The SMILES string of the molecule is CCCS(=O)(=O)N1CCC(C2Cc3cc(Br)ccc3O2)CC1. The van der Waals surface area contributed by atoms with Crippen LogP contribution in [0.25, 0.3) is 0 Å². The number of fused-ring (bicyclic) bond motifs is 1. The lowest BCUT2D eigenvalue weighted by atomic mass is 9.90. The van der Waals surface area contributed by atoms with Gasteiger partial charge in [-0.3, -0.25) is 0 Å². The molecule has 0 amide bonds. The minimum absolute atomic E-state index is 0.195. The second-order valence-corrected chi connectivity index (χ2v) is 9.17. The summed E-state index contributed by atoms with van der Waals surface area (Å²) >= 11 is 3.50. The second-order valence-electron chi connectivity index (χ2n) is 6.16. The smallest absolute Gasteiger partial charge is 0.214 e. The Kier molecular flexibility index (Phi) is 4.80. The fourth-order valence-electron chi connectivity index (χ4n) is 3.42. The maximum atomic E-state index is 12.1. The molecule has 2 heterocycles. The first-order chi connectivity index (χ1) is 10.5. The van der Waals surface area contributed by atoms with Crippen LogP contribution in [0, 0.1) is 5.92 Å². The van der Waals surface area contributed by atoms with Crippen LogP contribution in [-0.2, 0) is 16.4 Å². The van der Waals surface area contributed by atoms with Crippen LogP contribution in [0.5, 0.6) is 5.75 Å². The van der Waals surface area contributed by atoms with Crippen molar-refractivity contribution in [2.75, 3.05) is 18.8 Å². The summed E-state index contributed by atoms with van der Waals surface area (Å²) in [6.45, 7) is 3.17. The van der Waals surface area contributed by atoms with Crippen LogP contribution >= 0.6 is 15.9 Å². The predicted molar refractivity (Wildman–Crippen MR) is 90.6 cm³/mol. The third kappa shape index (κ3) is 3.34. The van der Waals surface area contributed by atoms with Crippen molar-refractivity contribution in [1.82, 2.24) is 4.31 Å². The molecule has 6 heteroatoms. The topological polar surface area (TPSA) is 46.6 Å². The maximum Gasteiger partial charge on any atom is 0.214 e. The van der Waals surface area contributed by atoms with E-state index in [1.54, 1.807) is 4.31 Å².